The van der Waals surface area contributed by atoms with Crippen LogP contribution in [0.2, 0.25) is 5.15 Å². The number of halogens is 1. The summed E-state index contributed by atoms with van der Waals surface area (Å²) >= 11 is 5.74. The SMILES string of the molecule is C=C([N+](=O)[O-])C1(C(C)c2ccc(Cl)nc2)C=CC=N1. The van der Waals surface area contributed by atoms with Gasteiger partial charge in [0.2, 0.25) is 0 Å². The highest BCUT2D eigenvalue weighted by molar-refractivity contribution is 6.29. The van der Waals surface area contributed by atoms with E-state index in [0.29, 0.717) is 5.15 Å². The normalized spacial score (nSPS) is 22.4. The maximum absolute atomic E-state index is 11.0. The molecule has 2 unspecified atom stereocenters. The van der Waals surface area contributed by atoms with Crippen molar-refractivity contribution in [1.29, 1.82) is 0 Å². The van der Waals surface area contributed by atoms with Gasteiger partial charge in [0.15, 0.2) is 5.54 Å². The number of rotatable bonds is 4. The van der Waals surface area contributed by atoms with Crippen LogP contribution >= 0.6 is 11.6 Å². The summed E-state index contributed by atoms with van der Waals surface area (Å²) in [6.07, 6.45) is 6.53. The molecule has 1 aromatic rings. The van der Waals surface area contributed by atoms with Crippen molar-refractivity contribution in [3.63, 3.8) is 0 Å². The van der Waals surface area contributed by atoms with E-state index in [0.717, 1.165) is 5.56 Å². The van der Waals surface area contributed by atoms with Crippen molar-refractivity contribution in [2.45, 2.75) is 18.4 Å². The first-order chi connectivity index (χ1) is 8.97. The molecule has 0 aliphatic carbocycles. The largest absolute Gasteiger partial charge is 0.271 e. The molecule has 1 aromatic heterocycles. The lowest BCUT2D eigenvalue weighted by Crippen LogP contribution is -2.34. The summed E-state index contributed by atoms with van der Waals surface area (Å²) in [5, 5.41) is 11.4. The molecule has 0 spiro atoms. The predicted octanol–water partition coefficient (Wildman–Crippen LogP) is 3.01. The van der Waals surface area contributed by atoms with Crippen LogP contribution in [0.1, 0.15) is 18.4 Å². The maximum Gasteiger partial charge on any atom is 0.271 e. The van der Waals surface area contributed by atoms with E-state index in [9.17, 15) is 10.1 Å². The molecule has 0 saturated carbocycles. The second-order valence-electron chi connectivity index (χ2n) is 4.30. The van der Waals surface area contributed by atoms with Crippen molar-refractivity contribution in [2.75, 3.05) is 0 Å². The van der Waals surface area contributed by atoms with E-state index in [1.54, 1.807) is 36.7 Å². The van der Waals surface area contributed by atoms with Crippen molar-refractivity contribution in [1.82, 2.24) is 4.98 Å². The minimum Gasteiger partial charge on any atom is -0.270 e. The van der Waals surface area contributed by atoms with E-state index < -0.39 is 10.5 Å². The molecule has 2 heterocycles. The van der Waals surface area contributed by atoms with Gasteiger partial charge in [0, 0.05) is 18.3 Å². The van der Waals surface area contributed by atoms with Crippen LogP contribution in [-0.4, -0.2) is 21.7 Å². The third-order valence-corrected chi connectivity index (χ3v) is 3.54. The zero-order valence-corrected chi connectivity index (χ0v) is 11.0. The molecule has 0 fully saturated rings. The topological polar surface area (TPSA) is 68.4 Å². The molecule has 5 nitrogen and oxygen atoms in total. The third-order valence-electron chi connectivity index (χ3n) is 3.32. The van der Waals surface area contributed by atoms with Crippen LogP contribution in [0.25, 0.3) is 0 Å². The van der Waals surface area contributed by atoms with E-state index in [-0.39, 0.29) is 11.6 Å². The van der Waals surface area contributed by atoms with Crippen molar-refractivity contribution >= 4 is 17.8 Å². The highest BCUT2D eigenvalue weighted by Gasteiger charge is 2.45. The number of allylic oxidation sites excluding steroid dienone is 1. The fourth-order valence-electron chi connectivity index (χ4n) is 2.12. The summed E-state index contributed by atoms with van der Waals surface area (Å²) in [6, 6.07) is 3.44. The Kier molecular flexibility index (Phi) is 3.48. The van der Waals surface area contributed by atoms with Crippen LogP contribution in [0.5, 0.6) is 0 Å². The Hall–Kier alpha value is -2.01. The average Bonchev–Trinajstić information content (AvgIpc) is 2.88. The highest BCUT2D eigenvalue weighted by atomic mass is 35.5. The van der Waals surface area contributed by atoms with Crippen LogP contribution in [0, 0.1) is 10.1 Å². The number of nitrogens with zero attached hydrogens (tertiary/aromatic N) is 3. The lowest BCUT2D eigenvalue weighted by Gasteiger charge is -2.28. The van der Waals surface area contributed by atoms with Gasteiger partial charge in [0.1, 0.15) is 5.15 Å². The van der Waals surface area contributed by atoms with Gasteiger partial charge in [-0.1, -0.05) is 24.6 Å². The molecule has 0 N–H and O–H groups in total. The average molecular weight is 278 g/mol. The quantitative estimate of drug-likeness (QED) is 0.483. The summed E-state index contributed by atoms with van der Waals surface area (Å²) in [5.74, 6) is -0.259. The first-order valence-electron chi connectivity index (χ1n) is 5.65. The van der Waals surface area contributed by atoms with Gasteiger partial charge in [-0.3, -0.25) is 15.1 Å². The molecule has 0 radical (unpaired) electrons. The van der Waals surface area contributed by atoms with Gasteiger partial charge in [0.25, 0.3) is 5.70 Å². The second-order valence-corrected chi connectivity index (χ2v) is 4.69. The van der Waals surface area contributed by atoms with Gasteiger partial charge in [-0.15, -0.1) is 0 Å². The summed E-state index contributed by atoms with van der Waals surface area (Å²) in [6.45, 7) is 5.42. The van der Waals surface area contributed by atoms with Crippen molar-refractivity contribution in [3.05, 3.63) is 63.6 Å². The van der Waals surface area contributed by atoms with E-state index >= 15 is 0 Å². The number of pyridine rings is 1. The van der Waals surface area contributed by atoms with Crippen LogP contribution < -0.4 is 0 Å². The molecule has 0 bridgehead atoms. The van der Waals surface area contributed by atoms with Crippen molar-refractivity contribution in [2.24, 2.45) is 4.99 Å². The lowest BCUT2D eigenvalue weighted by molar-refractivity contribution is -0.432. The first kappa shape index (κ1) is 13.4. The van der Waals surface area contributed by atoms with E-state index in [2.05, 4.69) is 16.6 Å². The Morgan fingerprint density at radius 3 is 2.79 bits per heavy atom. The molecule has 19 heavy (non-hydrogen) atoms. The molecule has 6 heteroatoms. The van der Waals surface area contributed by atoms with E-state index in [1.807, 2.05) is 6.92 Å². The van der Waals surface area contributed by atoms with E-state index in [1.165, 1.54) is 0 Å². The molecule has 0 amide bonds. The summed E-state index contributed by atoms with van der Waals surface area (Å²) in [4.78, 5) is 18.8. The van der Waals surface area contributed by atoms with Crippen molar-refractivity contribution < 1.29 is 4.92 Å². The fourth-order valence-corrected chi connectivity index (χ4v) is 2.23. The molecule has 1 aliphatic rings. The second kappa shape index (κ2) is 4.93. The Labute approximate surface area is 115 Å². The predicted molar refractivity (Wildman–Crippen MR) is 74.2 cm³/mol. The molecule has 2 atom stereocenters. The zero-order chi connectivity index (χ0) is 14.0. The molecule has 1 aliphatic heterocycles. The summed E-state index contributed by atoms with van der Waals surface area (Å²) in [5.41, 5.74) is -0.394. The Morgan fingerprint density at radius 1 is 1.58 bits per heavy atom. The number of hydrogen-bond acceptors (Lipinski definition) is 4. The van der Waals surface area contributed by atoms with Gasteiger partial charge >= 0.3 is 0 Å². The molecule has 98 valence electrons. The van der Waals surface area contributed by atoms with Gasteiger partial charge in [0.05, 0.1) is 4.92 Å². The monoisotopic (exact) mass is 277 g/mol. The highest BCUT2D eigenvalue weighted by Crippen LogP contribution is 2.39. The number of nitro groups is 1. The Morgan fingerprint density at radius 2 is 2.32 bits per heavy atom. The van der Waals surface area contributed by atoms with Crippen LogP contribution in [-0.2, 0) is 0 Å². The van der Waals surface area contributed by atoms with E-state index in [4.69, 9.17) is 11.6 Å². The minimum absolute atomic E-state index is 0.153. The smallest absolute Gasteiger partial charge is 0.270 e. The van der Waals surface area contributed by atoms with Gasteiger partial charge in [-0.05, 0) is 30.4 Å². The Balaban J connectivity index is 2.43. The fraction of sp³-hybridized carbons (Fsp3) is 0.231. The Bertz CT molecular complexity index is 566. The maximum atomic E-state index is 11.0. The van der Waals surface area contributed by atoms with Crippen molar-refractivity contribution in [3.8, 4) is 0 Å². The number of aromatic nitrogens is 1. The summed E-state index contributed by atoms with van der Waals surface area (Å²) in [7, 11) is 0. The van der Waals surface area contributed by atoms with Gasteiger partial charge in [-0.25, -0.2) is 4.98 Å². The lowest BCUT2D eigenvalue weighted by atomic mass is 9.80. The van der Waals surface area contributed by atoms with Crippen LogP contribution in [0.3, 0.4) is 0 Å². The molecular formula is C13H12ClN3O2. The van der Waals surface area contributed by atoms with Crippen LogP contribution in [0.15, 0.2) is 47.7 Å². The zero-order valence-electron chi connectivity index (χ0n) is 10.3. The number of hydrogen-bond donors (Lipinski definition) is 0. The molecule has 2 rings (SSSR count). The molecular weight excluding hydrogens is 266 g/mol. The van der Waals surface area contributed by atoms with Gasteiger partial charge in [-0.2, -0.15) is 0 Å². The standard InChI is InChI=1S/C13H12ClN3O2/c1-9(11-4-5-12(14)15-8-11)13(6-3-7-16-13)10(2)17(18)19/h3-9H,2H2,1H3. The van der Waals surface area contributed by atoms with Crippen LogP contribution in [0.4, 0.5) is 0 Å². The summed E-state index contributed by atoms with van der Waals surface area (Å²) < 4.78 is 0. The first-order valence-corrected chi connectivity index (χ1v) is 6.03. The minimum atomic E-state index is -1.06. The van der Waals surface area contributed by atoms with Gasteiger partial charge < -0.3 is 0 Å². The molecule has 0 saturated heterocycles. The third kappa shape index (κ3) is 2.29. The molecule has 0 aromatic carbocycles. The number of aliphatic imine (C=N–C) groups is 1.